The summed E-state index contributed by atoms with van der Waals surface area (Å²) in [7, 11) is 1.58. The van der Waals surface area contributed by atoms with Crippen LogP contribution < -0.4 is 10.1 Å². The summed E-state index contributed by atoms with van der Waals surface area (Å²) in [6.45, 7) is 0. The molecule has 0 radical (unpaired) electrons. The van der Waals surface area contributed by atoms with Gasteiger partial charge in [0, 0.05) is 17.7 Å². The number of rotatable bonds is 3. The Morgan fingerprint density at radius 1 is 1.15 bits per heavy atom. The van der Waals surface area contributed by atoms with Crippen LogP contribution >= 0.6 is 0 Å². The van der Waals surface area contributed by atoms with Gasteiger partial charge in [-0.25, -0.2) is 4.39 Å². The van der Waals surface area contributed by atoms with Gasteiger partial charge < -0.3 is 10.1 Å². The van der Waals surface area contributed by atoms with Crippen molar-refractivity contribution in [1.29, 1.82) is 0 Å². The van der Waals surface area contributed by atoms with Gasteiger partial charge in [0.1, 0.15) is 5.75 Å². The summed E-state index contributed by atoms with van der Waals surface area (Å²) in [5, 5.41) is 2.59. The molecule has 4 heteroatoms. The number of carbonyl (C=O) groups excluding carboxylic acids is 1. The normalized spacial score (nSPS) is 20.4. The Bertz CT molecular complexity index is 654. The van der Waals surface area contributed by atoms with Crippen LogP contribution in [0.15, 0.2) is 48.5 Å². The molecular weight excluding hydrogens is 257 g/mol. The van der Waals surface area contributed by atoms with Gasteiger partial charge in [-0.2, -0.15) is 0 Å². The number of nitrogens with one attached hydrogen (secondary N) is 1. The first-order valence-electron chi connectivity index (χ1n) is 6.36. The minimum atomic E-state index is -2.01. The van der Waals surface area contributed by atoms with Gasteiger partial charge in [-0.1, -0.05) is 30.3 Å². The first kappa shape index (κ1) is 12.7. The van der Waals surface area contributed by atoms with E-state index in [9.17, 15) is 4.79 Å². The van der Waals surface area contributed by atoms with Gasteiger partial charge in [0.05, 0.1) is 7.11 Å². The molecule has 102 valence electrons. The van der Waals surface area contributed by atoms with Gasteiger partial charge >= 0.3 is 0 Å². The maximum Gasteiger partial charge on any atom is 0.267 e. The van der Waals surface area contributed by atoms with E-state index in [1.807, 2.05) is 0 Å². The van der Waals surface area contributed by atoms with Gasteiger partial charge in [-0.3, -0.25) is 4.79 Å². The SMILES string of the molecule is COc1ccc(C[C@@]2(F)C(=O)Nc3ccccc32)cc1. The molecule has 0 saturated heterocycles. The highest BCUT2D eigenvalue weighted by Crippen LogP contribution is 2.41. The van der Waals surface area contributed by atoms with Crippen molar-refractivity contribution < 1.29 is 13.9 Å². The van der Waals surface area contributed by atoms with Crippen molar-refractivity contribution in [1.82, 2.24) is 0 Å². The number of benzene rings is 2. The van der Waals surface area contributed by atoms with Gasteiger partial charge in [0.2, 0.25) is 5.67 Å². The molecule has 0 spiro atoms. The molecule has 20 heavy (non-hydrogen) atoms. The van der Waals surface area contributed by atoms with Crippen LogP contribution in [0.5, 0.6) is 5.75 Å². The van der Waals surface area contributed by atoms with Crippen LogP contribution in [-0.4, -0.2) is 13.0 Å². The zero-order chi connectivity index (χ0) is 14.2. The maximum atomic E-state index is 15.1. The van der Waals surface area contributed by atoms with Crippen molar-refractivity contribution in [2.45, 2.75) is 12.1 Å². The zero-order valence-corrected chi connectivity index (χ0v) is 11.0. The largest absolute Gasteiger partial charge is 0.497 e. The average molecular weight is 271 g/mol. The highest BCUT2D eigenvalue weighted by molar-refractivity contribution is 6.05. The summed E-state index contributed by atoms with van der Waals surface area (Å²) in [6.07, 6.45) is 0.0137. The van der Waals surface area contributed by atoms with Crippen molar-refractivity contribution in [3.63, 3.8) is 0 Å². The monoisotopic (exact) mass is 271 g/mol. The van der Waals surface area contributed by atoms with Crippen LogP contribution in [0.4, 0.5) is 10.1 Å². The number of carbonyl (C=O) groups is 1. The van der Waals surface area contributed by atoms with Crippen LogP contribution in [0.1, 0.15) is 11.1 Å². The van der Waals surface area contributed by atoms with Crippen molar-refractivity contribution in [3.05, 3.63) is 59.7 Å². The molecule has 3 nitrogen and oxygen atoms in total. The molecule has 1 aliphatic heterocycles. The Kier molecular flexibility index (Phi) is 2.93. The molecule has 3 rings (SSSR count). The summed E-state index contributed by atoms with van der Waals surface area (Å²) in [4.78, 5) is 12.0. The Balaban J connectivity index is 1.94. The molecule has 0 unspecified atom stereocenters. The fraction of sp³-hybridized carbons (Fsp3) is 0.188. The van der Waals surface area contributed by atoms with E-state index in [4.69, 9.17) is 4.74 Å². The smallest absolute Gasteiger partial charge is 0.267 e. The van der Waals surface area contributed by atoms with Crippen molar-refractivity contribution in [2.75, 3.05) is 12.4 Å². The molecule has 1 N–H and O–H groups in total. The second-order valence-corrected chi connectivity index (χ2v) is 4.83. The minimum Gasteiger partial charge on any atom is -0.497 e. The standard InChI is InChI=1S/C16H14FNO2/c1-20-12-8-6-11(7-9-12)10-16(17)13-4-2-3-5-14(13)18-15(16)19/h2-9H,10H2,1H3,(H,18,19)/t16-/m0/s1. The van der Waals surface area contributed by atoms with E-state index in [2.05, 4.69) is 5.32 Å². The summed E-state index contributed by atoms with van der Waals surface area (Å²) in [5.41, 5.74) is -0.306. The van der Waals surface area contributed by atoms with Gasteiger partial charge in [-0.05, 0) is 23.8 Å². The fourth-order valence-electron chi connectivity index (χ4n) is 2.48. The van der Waals surface area contributed by atoms with E-state index in [0.29, 0.717) is 17.0 Å². The summed E-state index contributed by atoms with van der Waals surface area (Å²) < 4.78 is 20.2. The molecule has 1 amide bonds. The second kappa shape index (κ2) is 4.63. The predicted molar refractivity (Wildman–Crippen MR) is 74.6 cm³/mol. The maximum absolute atomic E-state index is 15.1. The molecule has 2 aromatic carbocycles. The number of anilines is 1. The summed E-state index contributed by atoms with van der Waals surface area (Å²) in [6, 6.07) is 13.9. The van der Waals surface area contributed by atoms with Crippen LogP contribution in [0.25, 0.3) is 0 Å². The highest BCUT2D eigenvalue weighted by atomic mass is 19.1. The predicted octanol–water partition coefficient (Wildman–Crippen LogP) is 3.05. The number of amides is 1. The third-order valence-electron chi connectivity index (χ3n) is 3.57. The van der Waals surface area contributed by atoms with Crippen LogP contribution in [0.2, 0.25) is 0 Å². The van der Waals surface area contributed by atoms with Crippen molar-refractivity contribution in [3.8, 4) is 5.75 Å². The van der Waals surface area contributed by atoms with E-state index < -0.39 is 11.6 Å². The van der Waals surface area contributed by atoms with Gasteiger partial charge in [-0.15, -0.1) is 0 Å². The molecule has 0 saturated carbocycles. The molecule has 1 heterocycles. The number of halogens is 1. The van der Waals surface area contributed by atoms with Gasteiger partial charge in [0.15, 0.2) is 0 Å². The lowest BCUT2D eigenvalue weighted by atomic mass is 9.90. The summed E-state index contributed by atoms with van der Waals surface area (Å²) >= 11 is 0. The summed E-state index contributed by atoms with van der Waals surface area (Å²) in [5.74, 6) is 0.104. The van der Waals surface area contributed by atoms with Crippen molar-refractivity contribution >= 4 is 11.6 Å². The molecule has 0 aliphatic carbocycles. The topological polar surface area (TPSA) is 38.3 Å². The van der Waals surface area contributed by atoms with Crippen LogP contribution in [0.3, 0.4) is 0 Å². The van der Waals surface area contributed by atoms with E-state index in [-0.39, 0.29) is 6.42 Å². The lowest BCUT2D eigenvalue weighted by Crippen LogP contribution is -2.31. The van der Waals surface area contributed by atoms with Crippen LogP contribution in [-0.2, 0) is 16.9 Å². The zero-order valence-electron chi connectivity index (χ0n) is 11.0. The van der Waals surface area contributed by atoms with E-state index >= 15 is 4.39 Å². The molecule has 1 aliphatic rings. The first-order chi connectivity index (χ1) is 9.63. The Morgan fingerprint density at radius 3 is 2.55 bits per heavy atom. The number of para-hydroxylation sites is 1. The molecule has 1 atom stereocenters. The van der Waals surface area contributed by atoms with Crippen LogP contribution in [0, 0.1) is 0 Å². The van der Waals surface area contributed by atoms with E-state index in [0.717, 1.165) is 5.56 Å². The number of fused-ring (bicyclic) bond motifs is 1. The lowest BCUT2D eigenvalue weighted by Gasteiger charge is -2.18. The molecular formula is C16H14FNO2. The quantitative estimate of drug-likeness (QED) is 0.931. The van der Waals surface area contributed by atoms with E-state index in [1.165, 1.54) is 0 Å². The minimum absolute atomic E-state index is 0.0137. The van der Waals surface area contributed by atoms with E-state index in [1.54, 1.807) is 55.6 Å². The average Bonchev–Trinajstić information content (AvgIpc) is 2.72. The number of hydrogen-bond acceptors (Lipinski definition) is 2. The molecule has 0 aromatic heterocycles. The van der Waals surface area contributed by atoms with Crippen molar-refractivity contribution in [2.24, 2.45) is 0 Å². The Labute approximate surface area is 116 Å². The fourth-order valence-corrected chi connectivity index (χ4v) is 2.48. The highest BCUT2D eigenvalue weighted by Gasteiger charge is 2.47. The Hall–Kier alpha value is -2.36. The van der Waals surface area contributed by atoms with Gasteiger partial charge in [0.25, 0.3) is 5.91 Å². The lowest BCUT2D eigenvalue weighted by molar-refractivity contribution is -0.126. The third-order valence-corrected chi connectivity index (χ3v) is 3.57. The molecule has 0 fully saturated rings. The second-order valence-electron chi connectivity index (χ2n) is 4.83. The third kappa shape index (κ3) is 1.93. The number of ether oxygens (including phenoxy) is 1. The first-order valence-corrected chi connectivity index (χ1v) is 6.36. The molecule has 2 aromatic rings. The molecule has 0 bridgehead atoms. The Morgan fingerprint density at radius 2 is 1.85 bits per heavy atom. The number of alkyl halides is 1. The number of hydrogen-bond donors (Lipinski definition) is 1. The number of methoxy groups -OCH3 is 1.